The molecule has 1 N–H and O–H groups in total. The van der Waals surface area contributed by atoms with Crippen LogP contribution < -0.4 is 0 Å². The summed E-state index contributed by atoms with van der Waals surface area (Å²) in [5, 5.41) is 11.0. The maximum Gasteiger partial charge on any atom is 0.134 e. The minimum atomic E-state index is -0.930. The van der Waals surface area contributed by atoms with Gasteiger partial charge in [0, 0.05) is 18.3 Å². The van der Waals surface area contributed by atoms with Crippen molar-refractivity contribution in [3.63, 3.8) is 0 Å². The summed E-state index contributed by atoms with van der Waals surface area (Å²) in [5.74, 6) is 5.31. The molecule has 126 valence electrons. The van der Waals surface area contributed by atoms with Crippen molar-refractivity contribution in [2.24, 2.45) is 29.1 Å². The summed E-state index contributed by atoms with van der Waals surface area (Å²) in [6.07, 6.45) is 13.9. The Morgan fingerprint density at radius 2 is 1.83 bits per heavy atom. The molecule has 0 aromatic carbocycles. The first-order valence-corrected chi connectivity index (χ1v) is 9.62. The molecule has 4 saturated carbocycles. The molecule has 2 nitrogen and oxygen atoms in total. The Balaban J connectivity index is 1.64. The van der Waals surface area contributed by atoms with Gasteiger partial charge in [0.15, 0.2) is 0 Å². The average Bonchev–Trinajstić information content (AvgIpc) is 2.78. The smallest absolute Gasteiger partial charge is 0.134 e. The topological polar surface area (TPSA) is 37.3 Å². The van der Waals surface area contributed by atoms with Crippen LogP contribution in [0.3, 0.4) is 0 Å². The van der Waals surface area contributed by atoms with Crippen LogP contribution in [-0.2, 0) is 4.79 Å². The van der Waals surface area contributed by atoms with E-state index < -0.39 is 5.60 Å². The highest BCUT2D eigenvalue weighted by molar-refractivity contribution is 6.25. The van der Waals surface area contributed by atoms with Crippen molar-refractivity contribution in [1.29, 1.82) is 0 Å². The predicted octanol–water partition coefficient (Wildman–Crippen LogP) is 3.93. The SMILES string of the molecule is C#C[C@]1(O)CC[C@@H]2[C@@H]3CC[C@]4(Cl)CC(=O)CC[C@@H]4[C@@H]3CC[C@]21C. The summed E-state index contributed by atoms with van der Waals surface area (Å²) in [5.41, 5.74) is -1.07. The molecule has 0 unspecified atom stereocenters. The molecule has 0 heterocycles. The van der Waals surface area contributed by atoms with Crippen molar-refractivity contribution < 1.29 is 9.90 Å². The van der Waals surface area contributed by atoms with Gasteiger partial charge in [-0.3, -0.25) is 4.79 Å². The van der Waals surface area contributed by atoms with E-state index in [2.05, 4.69) is 12.8 Å². The standard InChI is InChI=1S/C20H27ClO2/c1-3-20(23)11-8-16-14-7-10-19(21)12-13(22)4-5-17(19)15(14)6-9-18(16,20)2/h1,14-17,23H,4-12H2,2H3/t14-,15-,16-,17-,18-,19+,20+/m1/s1. The number of hydrogen-bond donors (Lipinski definition) is 1. The summed E-state index contributed by atoms with van der Waals surface area (Å²) in [7, 11) is 0. The summed E-state index contributed by atoms with van der Waals surface area (Å²) in [6, 6.07) is 0. The van der Waals surface area contributed by atoms with Crippen molar-refractivity contribution in [2.45, 2.75) is 75.2 Å². The van der Waals surface area contributed by atoms with E-state index in [9.17, 15) is 9.90 Å². The fourth-order valence-corrected chi connectivity index (χ4v) is 7.41. The van der Waals surface area contributed by atoms with E-state index in [1.807, 2.05) is 0 Å². The van der Waals surface area contributed by atoms with Gasteiger partial charge in [0.05, 0.1) is 4.87 Å². The predicted molar refractivity (Wildman–Crippen MR) is 91.0 cm³/mol. The highest BCUT2D eigenvalue weighted by atomic mass is 35.5. The Labute approximate surface area is 144 Å². The number of carbonyl (C=O) groups excluding carboxylic acids is 1. The molecule has 0 aliphatic heterocycles. The van der Waals surface area contributed by atoms with Gasteiger partial charge in [0.2, 0.25) is 0 Å². The molecule has 4 rings (SSSR count). The lowest BCUT2D eigenvalue weighted by atomic mass is 9.49. The summed E-state index contributed by atoms with van der Waals surface area (Å²) in [4.78, 5) is 11.6. The number of hydrogen-bond acceptors (Lipinski definition) is 2. The zero-order chi connectivity index (χ0) is 16.5. The van der Waals surface area contributed by atoms with E-state index in [0.717, 1.165) is 44.9 Å². The molecule has 0 spiro atoms. The molecule has 0 aromatic rings. The molecule has 3 heteroatoms. The highest BCUT2D eigenvalue weighted by Crippen LogP contribution is 2.66. The maximum absolute atomic E-state index is 11.9. The van der Waals surface area contributed by atoms with Crippen LogP contribution in [0.2, 0.25) is 0 Å². The van der Waals surface area contributed by atoms with Crippen LogP contribution in [0.15, 0.2) is 0 Å². The first-order valence-electron chi connectivity index (χ1n) is 9.24. The molecule has 0 bridgehead atoms. The minimum Gasteiger partial charge on any atom is -0.377 e. The quantitative estimate of drug-likeness (QED) is 0.538. The summed E-state index contributed by atoms with van der Waals surface area (Å²) in [6.45, 7) is 2.22. The van der Waals surface area contributed by atoms with Crippen LogP contribution in [0.4, 0.5) is 0 Å². The molecule has 0 radical (unpaired) electrons. The van der Waals surface area contributed by atoms with Gasteiger partial charge in [-0.05, 0) is 68.6 Å². The number of terminal acetylenes is 1. The molecule has 0 aromatic heterocycles. The van der Waals surface area contributed by atoms with Gasteiger partial charge in [-0.2, -0.15) is 0 Å². The van der Waals surface area contributed by atoms with Gasteiger partial charge in [-0.15, -0.1) is 18.0 Å². The number of alkyl halides is 1. The number of ketones is 1. The fraction of sp³-hybridized carbons (Fsp3) is 0.850. The van der Waals surface area contributed by atoms with Crippen molar-refractivity contribution >= 4 is 17.4 Å². The van der Waals surface area contributed by atoms with Gasteiger partial charge in [-0.25, -0.2) is 0 Å². The van der Waals surface area contributed by atoms with E-state index >= 15 is 0 Å². The second-order valence-corrected chi connectivity index (χ2v) is 9.62. The van der Waals surface area contributed by atoms with Gasteiger partial charge in [-0.1, -0.05) is 12.8 Å². The van der Waals surface area contributed by atoms with Crippen molar-refractivity contribution in [3.8, 4) is 12.3 Å². The van der Waals surface area contributed by atoms with E-state index in [4.69, 9.17) is 18.0 Å². The zero-order valence-electron chi connectivity index (χ0n) is 14.0. The average molecular weight is 335 g/mol. The second-order valence-electron chi connectivity index (χ2n) is 8.87. The van der Waals surface area contributed by atoms with Crippen molar-refractivity contribution in [2.75, 3.05) is 0 Å². The lowest BCUT2D eigenvalue weighted by molar-refractivity contribution is -0.128. The first kappa shape index (κ1) is 16.0. The molecular weight excluding hydrogens is 308 g/mol. The number of halogens is 1. The van der Waals surface area contributed by atoms with E-state index in [1.54, 1.807) is 0 Å². The number of fused-ring (bicyclic) bond motifs is 5. The zero-order valence-corrected chi connectivity index (χ0v) is 14.7. The third kappa shape index (κ3) is 2.02. The van der Waals surface area contributed by atoms with Crippen LogP contribution in [0, 0.1) is 41.4 Å². The fourth-order valence-electron chi connectivity index (χ4n) is 6.89. The molecule has 7 atom stereocenters. The lowest BCUT2D eigenvalue weighted by Gasteiger charge is -2.58. The van der Waals surface area contributed by atoms with Gasteiger partial charge in [0.1, 0.15) is 11.4 Å². The largest absolute Gasteiger partial charge is 0.377 e. The number of rotatable bonds is 0. The van der Waals surface area contributed by atoms with Crippen LogP contribution >= 0.6 is 11.6 Å². The number of carbonyl (C=O) groups is 1. The Hall–Kier alpha value is -0.520. The van der Waals surface area contributed by atoms with E-state index in [0.29, 0.717) is 42.3 Å². The molecule has 4 aliphatic carbocycles. The van der Waals surface area contributed by atoms with Crippen molar-refractivity contribution in [1.82, 2.24) is 0 Å². The lowest BCUT2D eigenvalue weighted by Crippen LogP contribution is -2.56. The second kappa shape index (κ2) is 4.99. The Morgan fingerprint density at radius 3 is 2.57 bits per heavy atom. The first-order chi connectivity index (χ1) is 10.8. The van der Waals surface area contributed by atoms with Gasteiger partial charge < -0.3 is 5.11 Å². The Bertz CT molecular complexity index is 581. The Kier molecular flexibility index (Phi) is 3.47. The van der Waals surface area contributed by atoms with Crippen LogP contribution in [0.5, 0.6) is 0 Å². The third-order valence-electron chi connectivity index (χ3n) is 8.18. The monoisotopic (exact) mass is 334 g/mol. The molecule has 0 saturated heterocycles. The van der Waals surface area contributed by atoms with Crippen LogP contribution in [-0.4, -0.2) is 21.4 Å². The van der Waals surface area contributed by atoms with Crippen molar-refractivity contribution in [3.05, 3.63) is 0 Å². The third-order valence-corrected chi connectivity index (χ3v) is 8.79. The summed E-state index contributed by atoms with van der Waals surface area (Å²) >= 11 is 6.95. The molecular formula is C20H27ClO2. The van der Waals surface area contributed by atoms with Crippen LogP contribution in [0.25, 0.3) is 0 Å². The normalized spacial score (nSPS) is 55.5. The minimum absolute atomic E-state index is 0.139. The highest BCUT2D eigenvalue weighted by Gasteiger charge is 2.64. The summed E-state index contributed by atoms with van der Waals surface area (Å²) < 4.78 is 0. The van der Waals surface area contributed by atoms with Crippen LogP contribution in [0.1, 0.15) is 64.7 Å². The molecule has 23 heavy (non-hydrogen) atoms. The number of Topliss-reactive ketones (excluding diaryl/α,β-unsaturated/α-hetero) is 1. The number of aliphatic hydroxyl groups is 1. The maximum atomic E-state index is 11.9. The molecule has 4 aliphatic rings. The van der Waals surface area contributed by atoms with E-state index in [1.165, 1.54) is 0 Å². The molecule has 4 fully saturated rings. The van der Waals surface area contributed by atoms with Gasteiger partial charge >= 0.3 is 0 Å². The molecule has 0 amide bonds. The Morgan fingerprint density at radius 1 is 1.13 bits per heavy atom. The van der Waals surface area contributed by atoms with E-state index in [-0.39, 0.29) is 10.3 Å². The van der Waals surface area contributed by atoms with Gasteiger partial charge in [0.25, 0.3) is 0 Å².